The summed E-state index contributed by atoms with van der Waals surface area (Å²) in [5, 5.41) is 0.561. The fourth-order valence-electron chi connectivity index (χ4n) is 2.47. The Morgan fingerprint density at radius 3 is 2.76 bits per heavy atom. The summed E-state index contributed by atoms with van der Waals surface area (Å²) in [4.78, 5) is 27.4. The summed E-state index contributed by atoms with van der Waals surface area (Å²) < 4.78 is 1.28. The molecule has 1 atom stereocenters. The molecule has 1 saturated heterocycles. The van der Waals surface area contributed by atoms with E-state index in [-0.39, 0.29) is 22.3 Å². The molecule has 1 N–H and O–H groups in total. The molecule has 1 aliphatic heterocycles. The van der Waals surface area contributed by atoms with Crippen LogP contribution in [0.1, 0.15) is 12.5 Å². The van der Waals surface area contributed by atoms with Crippen LogP contribution in [0.4, 0.5) is 0 Å². The molecule has 7 heteroatoms. The van der Waals surface area contributed by atoms with Crippen LogP contribution in [0.15, 0.2) is 33.9 Å². The number of rotatable bonds is 2. The number of thioether (sulfide) groups is 1. The predicted molar refractivity (Wildman–Crippen MR) is 87.8 cm³/mol. The van der Waals surface area contributed by atoms with Gasteiger partial charge in [0.2, 0.25) is 0 Å². The fraction of sp³-hybridized carbons (Fsp3) is 0.286. The third-order valence-electron chi connectivity index (χ3n) is 3.47. The third kappa shape index (κ3) is 2.78. The Bertz CT molecular complexity index is 794. The minimum Gasteiger partial charge on any atom is -0.297 e. The van der Waals surface area contributed by atoms with Gasteiger partial charge >= 0.3 is 5.69 Å². The molecule has 0 amide bonds. The number of H-pyrrole nitrogens is 1. The molecular weight excluding hydrogens is 331 g/mol. The lowest BCUT2D eigenvalue weighted by Gasteiger charge is -2.14. The average molecular weight is 343 g/mol. The predicted octanol–water partition coefficient (Wildman–Crippen LogP) is 3.19. The van der Waals surface area contributed by atoms with E-state index in [9.17, 15) is 9.59 Å². The summed E-state index contributed by atoms with van der Waals surface area (Å²) in [6.07, 6.45) is 0.810. The number of nitrogens with one attached hydrogen (secondary N) is 1. The van der Waals surface area contributed by atoms with Gasteiger partial charge in [0.05, 0.1) is 11.6 Å². The lowest BCUT2D eigenvalue weighted by atomic mass is 10.1. The number of hydrogen-bond acceptors (Lipinski definition) is 3. The van der Waals surface area contributed by atoms with Crippen molar-refractivity contribution in [2.45, 2.75) is 12.5 Å². The van der Waals surface area contributed by atoms with Gasteiger partial charge in [-0.15, -0.1) is 0 Å². The second-order valence-electron chi connectivity index (χ2n) is 4.82. The van der Waals surface area contributed by atoms with Gasteiger partial charge < -0.3 is 0 Å². The van der Waals surface area contributed by atoms with Crippen molar-refractivity contribution in [2.24, 2.45) is 0 Å². The van der Waals surface area contributed by atoms with Crippen LogP contribution in [0, 0.1) is 0 Å². The van der Waals surface area contributed by atoms with Crippen LogP contribution in [-0.4, -0.2) is 21.1 Å². The second kappa shape index (κ2) is 5.91. The molecule has 0 bridgehead atoms. The summed E-state index contributed by atoms with van der Waals surface area (Å²) in [6.45, 7) is 0. The van der Waals surface area contributed by atoms with E-state index in [0.717, 1.165) is 17.9 Å². The maximum atomic E-state index is 12.7. The fourth-order valence-corrected chi connectivity index (χ4v) is 4.13. The minimum absolute atomic E-state index is 0.0502. The van der Waals surface area contributed by atoms with Crippen molar-refractivity contribution in [1.29, 1.82) is 0 Å². The van der Waals surface area contributed by atoms with Crippen molar-refractivity contribution in [1.82, 2.24) is 9.55 Å². The van der Waals surface area contributed by atoms with E-state index in [2.05, 4.69) is 4.98 Å². The highest BCUT2D eigenvalue weighted by molar-refractivity contribution is 7.99. The Morgan fingerprint density at radius 1 is 1.29 bits per heavy atom. The maximum Gasteiger partial charge on any atom is 0.329 e. The lowest BCUT2D eigenvalue weighted by Crippen LogP contribution is -2.39. The smallest absolute Gasteiger partial charge is 0.297 e. The van der Waals surface area contributed by atoms with E-state index in [1.807, 2.05) is 0 Å². The largest absolute Gasteiger partial charge is 0.329 e. The first-order valence-electron chi connectivity index (χ1n) is 6.46. The van der Waals surface area contributed by atoms with Crippen LogP contribution in [0.3, 0.4) is 0 Å². The second-order valence-corrected chi connectivity index (χ2v) is 6.79. The molecule has 2 heterocycles. The van der Waals surface area contributed by atoms with Gasteiger partial charge in [0.15, 0.2) is 0 Å². The third-order valence-corrected chi connectivity index (χ3v) is 5.14. The molecule has 4 nitrogen and oxygen atoms in total. The molecule has 2 aromatic rings. The Balaban J connectivity index is 2.24. The zero-order chi connectivity index (χ0) is 15.0. The Morgan fingerprint density at radius 2 is 2.10 bits per heavy atom. The van der Waals surface area contributed by atoms with Crippen LogP contribution in [0.25, 0.3) is 11.1 Å². The molecule has 3 rings (SSSR count). The van der Waals surface area contributed by atoms with E-state index in [0.29, 0.717) is 10.6 Å². The summed E-state index contributed by atoms with van der Waals surface area (Å²) >= 11 is 13.8. The molecule has 1 aromatic heterocycles. The van der Waals surface area contributed by atoms with Crippen LogP contribution in [0.2, 0.25) is 10.2 Å². The molecule has 0 saturated carbocycles. The van der Waals surface area contributed by atoms with Crippen molar-refractivity contribution < 1.29 is 0 Å². The standard InChI is InChI=1S/C14H12Cl2N2O2S/c15-9-3-1-2-8(6-9)11-12(16)17-14(20)18(13(11)19)10-4-5-21-7-10/h1-3,6,10H,4-5,7H2,(H,17,20). The molecule has 1 aliphatic rings. The minimum atomic E-state index is -0.455. The van der Waals surface area contributed by atoms with E-state index < -0.39 is 5.69 Å². The number of hydrogen-bond donors (Lipinski definition) is 1. The topological polar surface area (TPSA) is 54.9 Å². The zero-order valence-electron chi connectivity index (χ0n) is 10.9. The molecular formula is C14H12Cl2N2O2S. The molecule has 110 valence electrons. The van der Waals surface area contributed by atoms with Gasteiger partial charge in [-0.05, 0) is 29.9 Å². The number of nitrogens with zero attached hydrogens (tertiary/aromatic N) is 1. The Kier molecular flexibility index (Phi) is 4.15. The van der Waals surface area contributed by atoms with Crippen LogP contribution >= 0.6 is 35.0 Å². The number of benzene rings is 1. The molecule has 0 radical (unpaired) electrons. The number of aromatic amines is 1. The highest BCUT2D eigenvalue weighted by Crippen LogP contribution is 2.28. The van der Waals surface area contributed by atoms with Crippen LogP contribution < -0.4 is 11.2 Å². The number of halogens is 2. The highest BCUT2D eigenvalue weighted by atomic mass is 35.5. The molecule has 21 heavy (non-hydrogen) atoms. The highest BCUT2D eigenvalue weighted by Gasteiger charge is 2.24. The van der Waals surface area contributed by atoms with Gasteiger partial charge in [-0.1, -0.05) is 35.3 Å². The van der Waals surface area contributed by atoms with Crippen molar-refractivity contribution in [3.8, 4) is 11.1 Å². The first kappa shape index (κ1) is 14.8. The van der Waals surface area contributed by atoms with Crippen molar-refractivity contribution in [3.63, 3.8) is 0 Å². The van der Waals surface area contributed by atoms with Gasteiger partial charge in [-0.2, -0.15) is 11.8 Å². The van der Waals surface area contributed by atoms with Crippen LogP contribution in [-0.2, 0) is 0 Å². The van der Waals surface area contributed by atoms with E-state index in [4.69, 9.17) is 23.2 Å². The van der Waals surface area contributed by atoms with Crippen molar-refractivity contribution in [3.05, 3.63) is 55.3 Å². The Hall–Kier alpha value is -1.17. The molecule has 0 spiro atoms. The Labute approximate surface area is 135 Å². The molecule has 0 aliphatic carbocycles. The zero-order valence-corrected chi connectivity index (χ0v) is 13.3. The summed E-state index contributed by atoms with van der Waals surface area (Å²) in [7, 11) is 0. The van der Waals surface area contributed by atoms with Gasteiger partial charge in [0.1, 0.15) is 5.15 Å². The maximum absolute atomic E-state index is 12.7. The van der Waals surface area contributed by atoms with Crippen molar-refractivity contribution >= 4 is 35.0 Å². The van der Waals surface area contributed by atoms with E-state index in [1.54, 1.807) is 36.0 Å². The normalized spacial score (nSPS) is 18.1. The van der Waals surface area contributed by atoms with Crippen LogP contribution in [0.5, 0.6) is 0 Å². The van der Waals surface area contributed by atoms with Gasteiger partial charge in [0.25, 0.3) is 5.56 Å². The first-order chi connectivity index (χ1) is 10.1. The first-order valence-corrected chi connectivity index (χ1v) is 8.37. The molecule has 1 unspecified atom stereocenters. The molecule has 1 fully saturated rings. The van der Waals surface area contributed by atoms with E-state index in [1.165, 1.54) is 4.57 Å². The number of aromatic nitrogens is 2. The van der Waals surface area contributed by atoms with Gasteiger partial charge in [-0.25, -0.2) is 4.79 Å². The average Bonchev–Trinajstić information content (AvgIpc) is 2.92. The SMILES string of the molecule is O=c1[nH]c(Cl)c(-c2cccc(Cl)c2)c(=O)n1C1CCSC1. The van der Waals surface area contributed by atoms with E-state index >= 15 is 0 Å². The summed E-state index contributed by atoms with van der Waals surface area (Å²) in [5.41, 5.74) is 0.0746. The summed E-state index contributed by atoms with van der Waals surface area (Å²) in [6, 6.07) is 6.79. The lowest BCUT2D eigenvalue weighted by molar-refractivity contribution is 0.515. The van der Waals surface area contributed by atoms with Crippen molar-refractivity contribution in [2.75, 3.05) is 11.5 Å². The monoisotopic (exact) mass is 342 g/mol. The molecule has 1 aromatic carbocycles. The summed E-state index contributed by atoms with van der Waals surface area (Å²) in [5.74, 6) is 1.71. The van der Waals surface area contributed by atoms with Gasteiger partial charge in [0, 0.05) is 10.8 Å². The quantitative estimate of drug-likeness (QED) is 0.852. The van der Waals surface area contributed by atoms with Gasteiger partial charge in [-0.3, -0.25) is 14.3 Å².